The van der Waals surface area contributed by atoms with E-state index in [-0.39, 0.29) is 0 Å². The van der Waals surface area contributed by atoms with Crippen LogP contribution in [0.4, 0.5) is 5.95 Å². The molecule has 0 saturated heterocycles. The van der Waals surface area contributed by atoms with Crippen molar-refractivity contribution in [2.24, 2.45) is 0 Å². The third kappa shape index (κ3) is 4.31. The summed E-state index contributed by atoms with van der Waals surface area (Å²) in [6, 6.07) is 16.5. The van der Waals surface area contributed by atoms with Crippen LogP contribution in [0.2, 0.25) is 0 Å². The second-order valence-electron chi connectivity index (χ2n) is 6.99. The number of aromatic amines is 1. The standard InChI is InChI=1S/C21H24N8/c1-2-3-4-9-19-23-21(22)26-29(19)14-15-10-12-16(13-11-15)17-7-5-6-8-18(17)20-24-27-28-25-20/h5-8,10-13H,2-4,9,14H2,1H3,(H2,22,26)(H,24,25,27,28). The highest BCUT2D eigenvalue weighted by atomic mass is 15.5. The summed E-state index contributed by atoms with van der Waals surface area (Å²) in [5, 5.41) is 18.6. The van der Waals surface area contributed by atoms with Crippen molar-refractivity contribution in [1.29, 1.82) is 0 Å². The highest BCUT2D eigenvalue weighted by Crippen LogP contribution is 2.29. The lowest BCUT2D eigenvalue weighted by Crippen LogP contribution is -2.07. The zero-order valence-corrected chi connectivity index (χ0v) is 16.4. The second-order valence-corrected chi connectivity index (χ2v) is 6.99. The normalized spacial score (nSPS) is 11.1. The van der Waals surface area contributed by atoms with Gasteiger partial charge >= 0.3 is 0 Å². The predicted molar refractivity (Wildman–Crippen MR) is 112 cm³/mol. The maximum absolute atomic E-state index is 5.84. The number of hydrogen-bond acceptors (Lipinski definition) is 6. The lowest BCUT2D eigenvalue weighted by molar-refractivity contribution is 0.607. The highest BCUT2D eigenvalue weighted by Gasteiger charge is 2.11. The van der Waals surface area contributed by atoms with Crippen LogP contribution in [0.5, 0.6) is 0 Å². The van der Waals surface area contributed by atoms with Crippen LogP contribution in [-0.2, 0) is 13.0 Å². The van der Waals surface area contributed by atoms with Gasteiger partial charge < -0.3 is 5.73 Å². The van der Waals surface area contributed by atoms with Gasteiger partial charge in [-0.1, -0.05) is 68.3 Å². The van der Waals surface area contributed by atoms with Gasteiger partial charge in [0.2, 0.25) is 5.95 Å². The molecule has 0 bridgehead atoms. The first-order valence-corrected chi connectivity index (χ1v) is 9.86. The molecule has 0 aliphatic rings. The molecule has 148 valence electrons. The molecule has 0 aliphatic heterocycles. The van der Waals surface area contributed by atoms with Crippen LogP contribution < -0.4 is 5.73 Å². The van der Waals surface area contributed by atoms with Crippen molar-refractivity contribution < 1.29 is 0 Å². The van der Waals surface area contributed by atoms with E-state index in [1.807, 2.05) is 22.9 Å². The van der Waals surface area contributed by atoms with E-state index in [0.29, 0.717) is 18.3 Å². The number of hydrogen-bond donors (Lipinski definition) is 2. The van der Waals surface area contributed by atoms with E-state index in [9.17, 15) is 0 Å². The Bertz CT molecular complexity index is 1050. The Labute approximate surface area is 169 Å². The Kier molecular flexibility index (Phi) is 5.60. The van der Waals surface area contributed by atoms with Gasteiger partial charge in [0, 0.05) is 12.0 Å². The van der Waals surface area contributed by atoms with E-state index in [1.165, 1.54) is 12.8 Å². The van der Waals surface area contributed by atoms with Crippen molar-refractivity contribution in [3.05, 3.63) is 59.9 Å². The first-order chi connectivity index (χ1) is 14.2. The molecule has 8 nitrogen and oxygen atoms in total. The van der Waals surface area contributed by atoms with E-state index in [1.54, 1.807) is 0 Å². The van der Waals surface area contributed by atoms with Gasteiger partial charge in [-0.3, -0.25) is 0 Å². The van der Waals surface area contributed by atoms with Crippen LogP contribution in [0.3, 0.4) is 0 Å². The Morgan fingerprint density at radius 1 is 1.00 bits per heavy atom. The molecule has 3 N–H and O–H groups in total. The van der Waals surface area contributed by atoms with Gasteiger partial charge in [0.05, 0.1) is 6.54 Å². The molecule has 0 saturated carbocycles. The quantitative estimate of drug-likeness (QED) is 0.447. The number of benzene rings is 2. The fraction of sp³-hybridized carbons (Fsp3) is 0.286. The molecule has 4 rings (SSSR count). The maximum atomic E-state index is 5.84. The van der Waals surface area contributed by atoms with Gasteiger partial charge in [-0.2, -0.15) is 4.98 Å². The molecule has 0 radical (unpaired) electrons. The van der Waals surface area contributed by atoms with Crippen LogP contribution in [0.15, 0.2) is 48.5 Å². The first kappa shape index (κ1) is 18.8. The fourth-order valence-electron chi connectivity index (χ4n) is 3.42. The summed E-state index contributed by atoms with van der Waals surface area (Å²) in [7, 11) is 0. The van der Waals surface area contributed by atoms with E-state index in [2.05, 4.69) is 68.0 Å². The monoisotopic (exact) mass is 388 g/mol. The van der Waals surface area contributed by atoms with Crippen LogP contribution in [0.25, 0.3) is 22.5 Å². The summed E-state index contributed by atoms with van der Waals surface area (Å²) in [5.41, 5.74) is 10.1. The van der Waals surface area contributed by atoms with Crippen LogP contribution in [0.1, 0.15) is 37.6 Å². The molecule has 8 heteroatoms. The van der Waals surface area contributed by atoms with Crippen molar-refractivity contribution in [2.45, 2.75) is 39.2 Å². The summed E-state index contributed by atoms with van der Waals surface area (Å²) in [6.07, 6.45) is 4.35. The number of rotatable bonds is 8. The Morgan fingerprint density at radius 2 is 1.79 bits per heavy atom. The third-order valence-electron chi connectivity index (χ3n) is 4.89. The van der Waals surface area contributed by atoms with Gasteiger partial charge in [-0.15, -0.1) is 10.2 Å². The summed E-state index contributed by atoms with van der Waals surface area (Å²) in [6.45, 7) is 2.84. The number of aryl methyl sites for hydroxylation is 1. The molecule has 0 spiro atoms. The van der Waals surface area contributed by atoms with Gasteiger partial charge in [0.1, 0.15) is 5.82 Å². The highest BCUT2D eigenvalue weighted by molar-refractivity contribution is 5.80. The van der Waals surface area contributed by atoms with Crippen molar-refractivity contribution in [1.82, 2.24) is 35.4 Å². The Morgan fingerprint density at radius 3 is 2.52 bits per heavy atom. The summed E-state index contributed by atoms with van der Waals surface area (Å²) in [4.78, 5) is 4.39. The fourth-order valence-corrected chi connectivity index (χ4v) is 3.42. The van der Waals surface area contributed by atoms with Crippen LogP contribution in [-0.4, -0.2) is 35.4 Å². The van der Waals surface area contributed by atoms with Crippen molar-refractivity contribution in [2.75, 3.05) is 5.73 Å². The van der Waals surface area contributed by atoms with E-state index in [0.717, 1.165) is 40.9 Å². The van der Waals surface area contributed by atoms with E-state index >= 15 is 0 Å². The number of nitrogen functional groups attached to an aromatic ring is 1. The maximum Gasteiger partial charge on any atom is 0.239 e. The van der Waals surface area contributed by atoms with E-state index < -0.39 is 0 Å². The van der Waals surface area contributed by atoms with Crippen LogP contribution >= 0.6 is 0 Å². The zero-order valence-electron chi connectivity index (χ0n) is 16.4. The number of nitrogens with one attached hydrogen (secondary N) is 1. The molecule has 2 aromatic heterocycles. The molecule has 0 unspecified atom stereocenters. The number of aromatic nitrogens is 7. The van der Waals surface area contributed by atoms with Crippen LogP contribution in [0, 0.1) is 0 Å². The molecule has 2 aromatic carbocycles. The summed E-state index contributed by atoms with van der Waals surface area (Å²) in [5.74, 6) is 1.94. The molecular weight excluding hydrogens is 364 g/mol. The molecule has 0 fully saturated rings. The smallest absolute Gasteiger partial charge is 0.239 e. The average Bonchev–Trinajstić information content (AvgIpc) is 3.39. The molecular formula is C21H24N8. The average molecular weight is 388 g/mol. The number of H-pyrrole nitrogens is 1. The molecule has 4 aromatic rings. The molecule has 0 atom stereocenters. The molecule has 2 heterocycles. The first-order valence-electron chi connectivity index (χ1n) is 9.86. The SMILES string of the molecule is CCCCCc1nc(N)nn1Cc1ccc(-c2ccccc2-c2nnn[nH]2)cc1. The number of unbranched alkanes of at least 4 members (excludes halogenated alkanes) is 2. The van der Waals surface area contributed by atoms with Gasteiger partial charge in [-0.25, -0.2) is 9.78 Å². The van der Waals surface area contributed by atoms with Crippen molar-refractivity contribution in [3.63, 3.8) is 0 Å². The molecule has 29 heavy (non-hydrogen) atoms. The Balaban J connectivity index is 1.54. The van der Waals surface area contributed by atoms with Crippen molar-refractivity contribution >= 4 is 5.95 Å². The minimum atomic E-state index is 0.336. The largest absolute Gasteiger partial charge is 0.366 e. The lowest BCUT2D eigenvalue weighted by Gasteiger charge is -2.09. The topological polar surface area (TPSA) is 111 Å². The predicted octanol–water partition coefficient (Wildman–Crippen LogP) is 3.49. The minimum Gasteiger partial charge on any atom is -0.366 e. The second kappa shape index (κ2) is 8.64. The number of nitrogens with two attached hydrogens (primary N) is 1. The third-order valence-corrected chi connectivity index (χ3v) is 4.89. The molecule has 0 aliphatic carbocycles. The van der Waals surface area contributed by atoms with Crippen molar-refractivity contribution in [3.8, 4) is 22.5 Å². The number of nitrogens with zero attached hydrogens (tertiary/aromatic N) is 6. The lowest BCUT2D eigenvalue weighted by atomic mass is 9.98. The number of tetrazole rings is 1. The Hall–Kier alpha value is -3.55. The minimum absolute atomic E-state index is 0.336. The number of anilines is 1. The molecule has 0 amide bonds. The van der Waals surface area contributed by atoms with Gasteiger partial charge in [0.25, 0.3) is 0 Å². The van der Waals surface area contributed by atoms with Gasteiger partial charge in [-0.05, 0) is 33.5 Å². The summed E-state index contributed by atoms with van der Waals surface area (Å²) < 4.78 is 1.91. The van der Waals surface area contributed by atoms with Gasteiger partial charge in [0.15, 0.2) is 5.82 Å². The zero-order chi connectivity index (χ0) is 20.1. The summed E-state index contributed by atoms with van der Waals surface area (Å²) >= 11 is 0. The van der Waals surface area contributed by atoms with E-state index in [4.69, 9.17) is 5.73 Å².